The van der Waals surface area contributed by atoms with Gasteiger partial charge in [0.1, 0.15) is 11.6 Å². The van der Waals surface area contributed by atoms with E-state index < -0.39 is 11.7 Å². The molecule has 0 spiro atoms. The number of piperazine rings is 1. The SMILES string of the molecule is CCOc1cc2ncc(C(N)=O)c(Nc3ccc(F)c(Cl)c3)c2cc1N1CCN(C)CC1. The summed E-state index contributed by atoms with van der Waals surface area (Å²) in [7, 11) is 2.10. The molecule has 0 unspecified atom stereocenters. The standard InChI is InChI=1S/C23H25ClFN5O2/c1-3-32-21-12-19-15(11-20(21)30-8-6-29(2)7-9-30)22(16(13-27-19)23(26)31)28-14-4-5-18(25)17(24)10-14/h4-5,10-13H,3,6-9H2,1-2H3,(H2,26,31)(H,27,28). The van der Waals surface area contributed by atoms with Gasteiger partial charge in [-0.15, -0.1) is 0 Å². The Labute approximate surface area is 190 Å². The van der Waals surface area contributed by atoms with Gasteiger partial charge in [0.05, 0.1) is 34.1 Å². The Hall–Kier alpha value is -3.10. The summed E-state index contributed by atoms with van der Waals surface area (Å²) in [5, 5.41) is 3.88. The average Bonchev–Trinajstić information content (AvgIpc) is 2.77. The van der Waals surface area contributed by atoms with Crippen molar-refractivity contribution in [1.29, 1.82) is 0 Å². The second-order valence-corrected chi connectivity index (χ2v) is 8.13. The first-order valence-electron chi connectivity index (χ1n) is 10.4. The number of carbonyl (C=O) groups excluding carboxylic acids is 1. The van der Waals surface area contributed by atoms with E-state index in [1.165, 1.54) is 18.3 Å². The van der Waals surface area contributed by atoms with E-state index in [4.69, 9.17) is 22.1 Å². The van der Waals surface area contributed by atoms with Gasteiger partial charge < -0.3 is 25.6 Å². The third kappa shape index (κ3) is 4.42. The first kappa shape index (κ1) is 22.1. The van der Waals surface area contributed by atoms with Crippen LogP contribution in [0.15, 0.2) is 36.5 Å². The fourth-order valence-electron chi connectivity index (χ4n) is 3.81. The molecule has 0 aliphatic carbocycles. The van der Waals surface area contributed by atoms with E-state index in [1.54, 1.807) is 6.07 Å². The number of likely N-dealkylation sites (N-methyl/N-ethyl adjacent to an activating group) is 1. The van der Waals surface area contributed by atoms with Crippen molar-refractivity contribution in [1.82, 2.24) is 9.88 Å². The summed E-state index contributed by atoms with van der Waals surface area (Å²) >= 11 is 5.95. The summed E-state index contributed by atoms with van der Waals surface area (Å²) in [6, 6.07) is 8.12. The van der Waals surface area contributed by atoms with Crippen molar-refractivity contribution in [3.63, 3.8) is 0 Å². The summed E-state index contributed by atoms with van der Waals surface area (Å²) in [5.74, 6) is -0.407. The third-order valence-electron chi connectivity index (χ3n) is 5.55. The van der Waals surface area contributed by atoms with Gasteiger partial charge in [0.25, 0.3) is 5.91 Å². The van der Waals surface area contributed by atoms with Gasteiger partial charge in [-0.25, -0.2) is 4.39 Å². The number of ether oxygens (including phenoxy) is 1. The van der Waals surface area contributed by atoms with Crippen LogP contribution in [0.1, 0.15) is 17.3 Å². The molecular weight excluding hydrogens is 433 g/mol. The monoisotopic (exact) mass is 457 g/mol. The van der Waals surface area contributed by atoms with Crippen molar-refractivity contribution in [2.45, 2.75) is 6.92 Å². The lowest BCUT2D eigenvalue weighted by atomic mass is 10.1. The maximum Gasteiger partial charge on any atom is 0.252 e. The van der Waals surface area contributed by atoms with Gasteiger partial charge in [0.15, 0.2) is 0 Å². The van der Waals surface area contributed by atoms with Gasteiger partial charge >= 0.3 is 0 Å². The van der Waals surface area contributed by atoms with Crippen molar-refractivity contribution in [3.05, 3.63) is 52.9 Å². The van der Waals surface area contributed by atoms with Gasteiger partial charge in [0, 0.05) is 49.5 Å². The van der Waals surface area contributed by atoms with Crippen LogP contribution in [0.3, 0.4) is 0 Å². The highest BCUT2D eigenvalue weighted by Gasteiger charge is 2.22. The number of nitrogens with two attached hydrogens (primary N) is 1. The van der Waals surface area contributed by atoms with Crippen molar-refractivity contribution < 1.29 is 13.9 Å². The van der Waals surface area contributed by atoms with Gasteiger partial charge in [-0.3, -0.25) is 9.78 Å². The van der Waals surface area contributed by atoms with Crippen LogP contribution in [-0.2, 0) is 0 Å². The van der Waals surface area contributed by atoms with Gasteiger partial charge in [0.2, 0.25) is 0 Å². The molecule has 0 atom stereocenters. The first-order chi connectivity index (χ1) is 15.4. The fraction of sp³-hybridized carbons (Fsp3) is 0.304. The number of benzene rings is 2. The number of nitrogens with zero attached hydrogens (tertiary/aromatic N) is 3. The maximum atomic E-state index is 13.6. The van der Waals surface area contributed by atoms with Gasteiger partial charge in [-0.1, -0.05) is 11.6 Å². The Morgan fingerprint density at radius 2 is 2.00 bits per heavy atom. The maximum absolute atomic E-state index is 13.6. The van der Waals surface area contributed by atoms with Gasteiger partial charge in [-0.05, 0) is 38.2 Å². The lowest BCUT2D eigenvalue weighted by Gasteiger charge is -2.35. The lowest BCUT2D eigenvalue weighted by molar-refractivity contribution is 0.100. The molecule has 0 radical (unpaired) electrons. The van der Waals surface area contributed by atoms with E-state index >= 15 is 0 Å². The van der Waals surface area contributed by atoms with E-state index in [-0.39, 0.29) is 10.6 Å². The van der Waals surface area contributed by atoms with Crippen molar-refractivity contribution >= 4 is 45.5 Å². The zero-order valence-electron chi connectivity index (χ0n) is 18.0. The lowest BCUT2D eigenvalue weighted by Crippen LogP contribution is -2.44. The molecule has 1 fully saturated rings. The number of rotatable bonds is 6. The summed E-state index contributed by atoms with van der Waals surface area (Å²) in [5.41, 5.74) is 8.46. The smallest absolute Gasteiger partial charge is 0.252 e. The molecule has 32 heavy (non-hydrogen) atoms. The number of aromatic nitrogens is 1. The molecule has 1 saturated heterocycles. The highest BCUT2D eigenvalue weighted by atomic mass is 35.5. The first-order valence-corrected chi connectivity index (χ1v) is 10.8. The van der Waals surface area contributed by atoms with Crippen LogP contribution >= 0.6 is 11.6 Å². The zero-order valence-corrected chi connectivity index (χ0v) is 18.7. The molecule has 1 aliphatic heterocycles. The normalized spacial score (nSPS) is 14.6. The Bertz CT molecular complexity index is 1160. The predicted molar refractivity (Wildman–Crippen MR) is 126 cm³/mol. The van der Waals surface area contributed by atoms with Crippen LogP contribution in [-0.4, -0.2) is 55.6 Å². The van der Waals surface area contributed by atoms with E-state index in [9.17, 15) is 9.18 Å². The highest BCUT2D eigenvalue weighted by molar-refractivity contribution is 6.31. The Balaban J connectivity index is 1.87. The molecule has 3 N–H and O–H groups in total. The minimum Gasteiger partial charge on any atom is -0.492 e. The number of anilines is 3. The number of nitrogens with one attached hydrogen (secondary N) is 1. The number of primary amides is 1. The van der Waals surface area contributed by atoms with Crippen molar-refractivity contribution in [2.24, 2.45) is 5.73 Å². The Kier molecular flexibility index (Phi) is 6.34. The number of amides is 1. The van der Waals surface area contributed by atoms with Gasteiger partial charge in [-0.2, -0.15) is 0 Å². The number of halogens is 2. The molecule has 2 aromatic carbocycles. The molecule has 1 aromatic heterocycles. The quantitative estimate of drug-likeness (QED) is 0.581. The van der Waals surface area contributed by atoms with Crippen LogP contribution in [0.5, 0.6) is 5.75 Å². The van der Waals surface area contributed by atoms with Crippen molar-refractivity contribution in [3.8, 4) is 5.75 Å². The van der Waals surface area contributed by atoms with Crippen LogP contribution in [0.2, 0.25) is 5.02 Å². The second kappa shape index (κ2) is 9.18. The van der Waals surface area contributed by atoms with E-state index in [0.29, 0.717) is 28.9 Å². The Morgan fingerprint density at radius 1 is 1.25 bits per heavy atom. The molecule has 9 heteroatoms. The summed E-state index contributed by atoms with van der Waals surface area (Å²) in [6.45, 7) is 6.02. The number of fused-ring (bicyclic) bond motifs is 1. The summed E-state index contributed by atoms with van der Waals surface area (Å²) < 4.78 is 19.6. The topological polar surface area (TPSA) is 83.7 Å². The molecule has 0 bridgehead atoms. The predicted octanol–water partition coefficient (Wildman–Crippen LogP) is 4.02. The third-order valence-corrected chi connectivity index (χ3v) is 5.84. The van der Waals surface area contributed by atoms with Crippen LogP contribution < -0.4 is 20.7 Å². The fourth-order valence-corrected chi connectivity index (χ4v) is 3.99. The number of hydrogen-bond donors (Lipinski definition) is 2. The number of pyridine rings is 1. The molecule has 3 aromatic rings. The highest BCUT2D eigenvalue weighted by Crippen LogP contribution is 2.38. The van der Waals surface area contributed by atoms with Crippen LogP contribution in [0, 0.1) is 5.82 Å². The molecule has 7 nitrogen and oxygen atoms in total. The second-order valence-electron chi connectivity index (χ2n) is 7.73. The molecule has 1 amide bonds. The minimum absolute atomic E-state index is 0.0225. The van der Waals surface area contributed by atoms with Crippen LogP contribution in [0.25, 0.3) is 10.9 Å². The van der Waals surface area contributed by atoms with E-state index in [0.717, 1.165) is 37.6 Å². The Morgan fingerprint density at radius 3 is 2.66 bits per heavy atom. The molecule has 2 heterocycles. The average molecular weight is 458 g/mol. The molecule has 168 valence electrons. The largest absolute Gasteiger partial charge is 0.492 e. The van der Waals surface area contributed by atoms with Crippen LogP contribution in [0.4, 0.5) is 21.5 Å². The zero-order chi connectivity index (χ0) is 22.8. The summed E-state index contributed by atoms with van der Waals surface area (Å²) in [6.07, 6.45) is 1.43. The molecular formula is C23H25ClFN5O2. The van der Waals surface area contributed by atoms with E-state index in [2.05, 4.69) is 27.1 Å². The number of carbonyl (C=O) groups is 1. The molecule has 0 saturated carbocycles. The minimum atomic E-state index is -0.620. The number of hydrogen-bond acceptors (Lipinski definition) is 6. The van der Waals surface area contributed by atoms with Crippen molar-refractivity contribution in [2.75, 3.05) is 50.1 Å². The molecule has 4 rings (SSSR count). The molecule has 1 aliphatic rings. The summed E-state index contributed by atoms with van der Waals surface area (Å²) in [4.78, 5) is 21.2. The van der Waals surface area contributed by atoms with E-state index in [1.807, 2.05) is 19.1 Å².